The van der Waals surface area contributed by atoms with E-state index < -0.39 is 0 Å². The third kappa shape index (κ3) is 5.23. The minimum absolute atomic E-state index is 0.118. The maximum Gasteiger partial charge on any atom is 0.248 e. The van der Waals surface area contributed by atoms with Crippen LogP contribution in [0.25, 0.3) is 0 Å². The van der Waals surface area contributed by atoms with Gasteiger partial charge in [-0.25, -0.2) is 0 Å². The van der Waals surface area contributed by atoms with Gasteiger partial charge in [-0.1, -0.05) is 17.7 Å². The Balaban J connectivity index is 1.35. The van der Waals surface area contributed by atoms with Crippen LogP contribution < -0.4 is 0 Å². The van der Waals surface area contributed by atoms with Crippen LogP contribution in [0.5, 0.6) is 0 Å². The highest BCUT2D eigenvalue weighted by molar-refractivity contribution is 8.00. The molecule has 0 spiro atoms. The van der Waals surface area contributed by atoms with Crippen molar-refractivity contribution < 1.29 is 14.3 Å². The number of ether oxygens (including phenoxy) is 2. The molecule has 0 saturated carbocycles. The molecule has 132 valence electrons. The number of carbonyl (C=O) groups excluding carboxylic acids is 1. The van der Waals surface area contributed by atoms with E-state index in [1.165, 1.54) is 10.5 Å². The lowest BCUT2D eigenvalue weighted by Gasteiger charge is -2.31. The second kappa shape index (κ2) is 8.88. The Morgan fingerprint density at radius 3 is 2.88 bits per heavy atom. The van der Waals surface area contributed by atoms with E-state index in [-0.39, 0.29) is 18.6 Å². The molecule has 2 fully saturated rings. The number of rotatable bonds is 6. The van der Waals surface area contributed by atoms with Crippen molar-refractivity contribution in [2.45, 2.75) is 48.9 Å². The summed E-state index contributed by atoms with van der Waals surface area (Å²) in [5, 5.41) is 0.601. The van der Waals surface area contributed by atoms with Crippen molar-refractivity contribution in [2.24, 2.45) is 0 Å². The summed E-state index contributed by atoms with van der Waals surface area (Å²) in [5.41, 5.74) is 1.30. The summed E-state index contributed by atoms with van der Waals surface area (Å²) in [4.78, 5) is 15.5. The maximum atomic E-state index is 12.2. The normalized spacial score (nSPS) is 22.0. The van der Waals surface area contributed by atoms with Gasteiger partial charge in [-0.05, 0) is 44.7 Å². The van der Waals surface area contributed by atoms with Crippen molar-refractivity contribution in [2.75, 3.05) is 32.9 Å². The predicted octanol–water partition coefficient (Wildman–Crippen LogP) is 3.27. The molecule has 24 heavy (non-hydrogen) atoms. The Morgan fingerprint density at radius 2 is 2.17 bits per heavy atom. The highest BCUT2D eigenvalue weighted by atomic mass is 32.2. The summed E-state index contributed by atoms with van der Waals surface area (Å²) < 4.78 is 11.1. The van der Waals surface area contributed by atoms with Crippen LogP contribution in [-0.4, -0.2) is 55.1 Å². The number of likely N-dealkylation sites (tertiary alicyclic amines) is 1. The first kappa shape index (κ1) is 17.8. The molecule has 0 bridgehead atoms. The molecule has 3 rings (SSSR count). The van der Waals surface area contributed by atoms with Crippen LogP contribution in [0, 0.1) is 6.92 Å². The van der Waals surface area contributed by atoms with Crippen molar-refractivity contribution in [1.29, 1.82) is 0 Å². The van der Waals surface area contributed by atoms with Gasteiger partial charge in [0.05, 0.1) is 12.7 Å². The fraction of sp³-hybridized carbons (Fsp3) is 0.632. The van der Waals surface area contributed by atoms with Crippen molar-refractivity contribution in [3.63, 3.8) is 0 Å². The topological polar surface area (TPSA) is 38.8 Å². The van der Waals surface area contributed by atoms with Crippen LogP contribution in [0.4, 0.5) is 0 Å². The minimum atomic E-state index is 0.118. The van der Waals surface area contributed by atoms with Crippen LogP contribution in [0.1, 0.15) is 31.2 Å². The highest BCUT2D eigenvalue weighted by Gasteiger charge is 2.24. The lowest BCUT2D eigenvalue weighted by atomic mass is 10.1. The first-order chi connectivity index (χ1) is 11.7. The Bertz CT molecular complexity index is 537. The number of aryl methyl sites for hydroxylation is 1. The van der Waals surface area contributed by atoms with Gasteiger partial charge in [0, 0.05) is 29.8 Å². The summed E-state index contributed by atoms with van der Waals surface area (Å²) in [6.45, 7) is 5.37. The van der Waals surface area contributed by atoms with Gasteiger partial charge in [-0.15, -0.1) is 11.8 Å². The first-order valence-electron chi connectivity index (χ1n) is 8.91. The van der Waals surface area contributed by atoms with Crippen molar-refractivity contribution in [1.82, 2.24) is 4.90 Å². The zero-order chi connectivity index (χ0) is 16.8. The monoisotopic (exact) mass is 349 g/mol. The molecule has 2 aliphatic rings. The van der Waals surface area contributed by atoms with E-state index in [0.717, 1.165) is 45.4 Å². The molecule has 5 heteroatoms. The van der Waals surface area contributed by atoms with E-state index in [1.807, 2.05) is 16.7 Å². The van der Waals surface area contributed by atoms with Gasteiger partial charge in [0.1, 0.15) is 6.61 Å². The van der Waals surface area contributed by atoms with E-state index in [9.17, 15) is 4.79 Å². The number of hydrogen-bond donors (Lipinski definition) is 0. The molecule has 0 aromatic heterocycles. The Morgan fingerprint density at radius 1 is 1.33 bits per heavy atom. The SMILES string of the molecule is Cc1cccc(SC2CCN(C(=O)COCC3CCCO3)CC2)c1. The average Bonchev–Trinajstić information content (AvgIpc) is 3.09. The summed E-state index contributed by atoms with van der Waals surface area (Å²) in [6.07, 6.45) is 4.45. The lowest BCUT2D eigenvalue weighted by Crippen LogP contribution is -2.41. The number of piperidine rings is 1. The molecule has 0 radical (unpaired) electrons. The van der Waals surface area contributed by atoms with Gasteiger partial charge >= 0.3 is 0 Å². The highest BCUT2D eigenvalue weighted by Crippen LogP contribution is 2.30. The first-order valence-corrected chi connectivity index (χ1v) is 9.79. The third-order valence-corrected chi connectivity index (χ3v) is 5.97. The quantitative estimate of drug-likeness (QED) is 0.790. The number of nitrogens with zero attached hydrogens (tertiary/aromatic N) is 1. The molecular formula is C19H27NO3S. The number of amides is 1. The molecule has 2 heterocycles. The fourth-order valence-electron chi connectivity index (χ4n) is 3.25. The second-order valence-electron chi connectivity index (χ2n) is 6.66. The van der Waals surface area contributed by atoms with Crippen molar-refractivity contribution >= 4 is 17.7 Å². The van der Waals surface area contributed by atoms with Gasteiger partial charge in [0.2, 0.25) is 5.91 Å². The summed E-state index contributed by atoms with van der Waals surface area (Å²) in [5.74, 6) is 0.118. The molecular weight excluding hydrogens is 322 g/mol. The Kier molecular flexibility index (Phi) is 6.58. The molecule has 0 aliphatic carbocycles. The van der Waals surface area contributed by atoms with Crippen LogP contribution >= 0.6 is 11.8 Å². The number of benzene rings is 1. The smallest absolute Gasteiger partial charge is 0.248 e. The predicted molar refractivity (Wildman–Crippen MR) is 96.4 cm³/mol. The molecule has 1 atom stereocenters. The van der Waals surface area contributed by atoms with Crippen LogP contribution in [0.2, 0.25) is 0 Å². The molecule has 1 aromatic rings. The number of hydrogen-bond acceptors (Lipinski definition) is 4. The second-order valence-corrected chi connectivity index (χ2v) is 8.04. The summed E-state index contributed by atoms with van der Waals surface area (Å²) >= 11 is 1.94. The van der Waals surface area contributed by atoms with Gasteiger partial charge in [-0.3, -0.25) is 4.79 Å². The summed E-state index contributed by atoms with van der Waals surface area (Å²) in [7, 11) is 0. The molecule has 0 N–H and O–H groups in total. The summed E-state index contributed by atoms with van der Waals surface area (Å²) in [6, 6.07) is 8.65. The largest absolute Gasteiger partial charge is 0.376 e. The van der Waals surface area contributed by atoms with Crippen molar-refractivity contribution in [3.8, 4) is 0 Å². The van der Waals surface area contributed by atoms with E-state index in [0.29, 0.717) is 11.9 Å². The fourth-order valence-corrected chi connectivity index (χ4v) is 4.49. The van der Waals surface area contributed by atoms with Crippen molar-refractivity contribution in [3.05, 3.63) is 29.8 Å². The zero-order valence-corrected chi connectivity index (χ0v) is 15.2. The van der Waals surface area contributed by atoms with E-state index in [2.05, 4.69) is 31.2 Å². The molecule has 1 amide bonds. The molecule has 4 nitrogen and oxygen atoms in total. The lowest BCUT2D eigenvalue weighted by molar-refractivity contribution is -0.138. The molecule has 1 unspecified atom stereocenters. The Labute approximate surface area is 148 Å². The number of thioether (sulfide) groups is 1. The molecule has 1 aromatic carbocycles. The zero-order valence-electron chi connectivity index (χ0n) is 14.4. The van der Waals surface area contributed by atoms with Crippen LogP contribution in [0.15, 0.2) is 29.2 Å². The van der Waals surface area contributed by atoms with E-state index in [4.69, 9.17) is 9.47 Å². The van der Waals surface area contributed by atoms with Gasteiger partial charge < -0.3 is 14.4 Å². The average molecular weight is 349 g/mol. The molecule has 2 saturated heterocycles. The van der Waals surface area contributed by atoms with E-state index >= 15 is 0 Å². The van der Waals surface area contributed by atoms with Gasteiger partial charge in [-0.2, -0.15) is 0 Å². The number of carbonyl (C=O) groups is 1. The van der Waals surface area contributed by atoms with Gasteiger partial charge in [0.15, 0.2) is 0 Å². The van der Waals surface area contributed by atoms with Gasteiger partial charge in [0.25, 0.3) is 0 Å². The van der Waals surface area contributed by atoms with E-state index in [1.54, 1.807) is 0 Å². The standard InChI is InChI=1S/C19H27NO3S/c1-15-4-2-6-18(12-15)24-17-7-9-20(10-8-17)19(21)14-22-13-16-5-3-11-23-16/h2,4,6,12,16-17H,3,5,7-11,13-14H2,1H3. The maximum absolute atomic E-state index is 12.2. The Hall–Kier alpha value is -1.04. The third-order valence-electron chi connectivity index (χ3n) is 4.64. The van der Waals surface area contributed by atoms with Crippen LogP contribution in [-0.2, 0) is 14.3 Å². The van der Waals surface area contributed by atoms with Crippen LogP contribution in [0.3, 0.4) is 0 Å². The minimum Gasteiger partial charge on any atom is -0.376 e. The molecule has 2 aliphatic heterocycles.